The van der Waals surface area contributed by atoms with Gasteiger partial charge in [0.25, 0.3) is 0 Å². The normalized spacial score (nSPS) is 12.5. The Hall–Kier alpha value is -2.33. The zero-order valence-corrected chi connectivity index (χ0v) is 13.5. The van der Waals surface area contributed by atoms with E-state index in [4.69, 9.17) is 0 Å². The molecule has 4 heteroatoms. The molecule has 0 aliphatic carbocycles. The van der Waals surface area contributed by atoms with Gasteiger partial charge >= 0.3 is 6.18 Å². The Balaban J connectivity index is 1.79. The standard InChI is InChI=1S/C20H20F3N/c1-24(15-5-9-17-7-3-2-4-8-17)16-6-10-18-11-13-19(14-12-18)20(21,22)23/h2-14H,15-16H2,1H3/b9-5?,10-6+. The maximum atomic E-state index is 12.5. The molecule has 1 nitrogen and oxygen atoms in total. The predicted octanol–water partition coefficient (Wildman–Crippen LogP) is 5.36. The summed E-state index contributed by atoms with van der Waals surface area (Å²) < 4.78 is 37.5. The molecule has 2 rings (SSSR count). The fourth-order valence-corrected chi connectivity index (χ4v) is 2.16. The van der Waals surface area contributed by atoms with Crippen LogP contribution in [0.5, 0.6) is 0 Å². The molecule has 0 radical (unpaired) electrons. The molecule has 0 saturated heterocycles. The summed E-state index contributed by atoms with van der Waals surface area (Å²) in [4.78, 5) is 2.11. The van der Waals surface area contributed by atoms with Gasteiger partial charge in [0.2, 0.25) is 0 Å². The molecule has 0 N–H and O–H groups in total. The van der Waals surface area contributed by atoms with Crippen molar-refractivity contribution in [2.75, 3.05) is 20.1 Å². The third-order valence-corrected chi connectivity index (χ3v) is 3.49. The molecule has 24 heavy (non-hydrogen) atoms. The Bertz CT molecular complexity index is 670. The average molecular weight is 331 g/mol. The molecule has 0 aromatic heterocycles. The monoisotopic (exact) mass is 331 g/mol. The molecule has 0 aliphatic rings. The highest BCUT2D eigenvalue weighted by Crippen LogP contribution is 2.29. The van der Waals surface area contributed by atoms with Gasteiger partial charge < -0.3 is 0 Å². The lowest BCUT2D eigenvalue weighted by atomic mass is 10.1. The molecule has 0 amide bonds. The molecular formula is C20H20F3N. The number of alkyl halides is 3. The average Bonchev–Trinajstić information content (AvgIpc) is 2.55. The second kappa shape index (κ2) is 8.50. The minimum Gasteiger partial charge on any atom is -0.299 e. The first-order chi connectivity index (χ1) is 11.4. The van der Waals surface area contributed by atoms with Crippen LogP contribution in [0, 0.1) is 0 Å². The van der Waals surface area contributed by atoms with E-state index in [0.717, 1.165) is 36.3 Å². The maximum Gasteiger partial charge on any atom is 0.416 e. The van der Waals surface area contributed by atoms with Crippen molar-refractivity contribution in [1.82, 2.24) is 4.90 Å². The van der Waals surface area contributed by atoms with Crippen molar-refractivity contribution >= 4 is 12.2 Å². The van der Waals surface area contributed by atoms with Crippen LogP contribution in [0.1, 0.15) is 16.7 Å². The second-order valence-electron chi connectivity index (χ2n) is 5.56. The highest BCUT2D eigenvalue weighted by atomic mass is 19.4. The number of nitrogens with zero attached hydrogens (tertiary/aromatic N) is 1. The van der Waals surface area contributed by atoms with Crippen LogP contribution in [0.25, 0.3) is 12.2 Å². The van der Waals surface area contributed by atoms with Gasteiger partial charge in [-0.1, -0.05) is 66.8 Å². The van der Waals surface area contributed by atoms with Gasteiger partial charge in [0.15, 0.2) is 0 Å². The van der Waals surface area contributed by atoms with Crippen LogP contribution in [0.15, 0.2) is 66.7 Å². The van der Waals surface area contributed by atoms with Gasteiger partial charge in [0.05, 0.1) is 5.56 Å². The summed E-state index contributed by atoms with van der Waals surface area (Å²) >= 11 is 0. The SMILES string of the molecule is CN(CC=Cc1ccccc1)C/C=C/c1ccc(C(F)(F)F)cc1. The summed E-state index contributed by atoms with van der Waals surface area (Å²) in [6.07, 6.45) is 3.64. The third-order valence-electron chi connectivity index (χ3n) is 3.49. The number of halogens is 3. The van der Waals surface area contributed by atoms with Crippen LogP contribution >= 0.6 is 0 Å². The summed E-state index contributed by atoms with van der Waals surface area (Å²) in [7, 11) is 1.99. The lowest BCUT2D eigenvalue weighted by molar-refractivity contribution is -0.137. The van der Waals surface area contributed by atoms with Gasteiger partial charge in [-0.3, -0.25) is 4.90 Å². The van der Waals surface area contributed by atoms with Crippen LogP contribution in [-0.2, 0) is 6.18 Å². The van der Waals surface area contributed by atoms with Crippen molar-refractivity contribution in [3.63, 3.8) is 0 Å². The maximum absolute atomic E-state index is 12.5. The largest absolute Gasteiger partial charge is 0.416 e. The Labute approximate surface area is 140 Å². The van der Waals surface area contributed by atoms with Gasteiger partial charge in [-0.05, 0) is 30.3 Å². The van der Waals surface area contributed by atoms with Crippen LogP contribution in [-0.4, -0.2) is 25.0 Å². The van der Waals surface area contributed by atoms with E-state index in [1.807, 2.05) is 49.5 Å². The molecule has 0 heterocycles. The van der Waals surface area contributed by atoms with E-state index < -0.39 is 11.7 Å². The van der Waals surface area contributed by atoms with Crippen LogP contribution in [0.2, 0.25) is 0 Å². The van der Waals surface area contributed by atoms with Crippen molar-refractivity contribution in [2.24, 2.45) is 0 Å². The van der Waals surface area contributed by atoms with Crippen LogP contribution < -0.4 is 0 Å². The summed E-state index contributed by atoms with van der Waals surface area (Å²) in [5.41, 5.74) is 1.30. The molecule has 0 saturated carbocycles. The molecular weight excluding hydrogens is 311 g/mol. The van der Waals surface area contributed by atoms with Crippen LogP contribution in [0.4, 0.5) is 13.2 Å². The molecule has 2 aromatic rings. The molecule has 0 bridgehead atoms. The number of rotatable bonds is 6. The Kier molecular flexibility index (Phi) is 6.38. The highest BCUT2D eigenvalue weighted by molar-refractivity contribution is 5.50. The van der Waals surface area contributed by atoms with Crippen molar-refractivity contribution in [1.29, 1.82) is 0 Å². The first-order valence-corrected chi connectivity index (χ1v) is 7.69. The Morgan fingerprint density at radius 1 is 0.792 bits per heavy atom. The lowest BCUT2D eigenvalue weighted by Crippen LogP contribution is -2.17. The van der Waals surface area contributed by atoms with E-state index in [-0.39, 0.29) is 0 Å². The first kappa shape index (κ1) is 18.0. The minimum absolute atomic E-state index is 0.622. The molecule has 126 valence electrons. The van der Waals surface area contributed by atoms with Crippen LogP contribution in [0.3, 0.4) is 0 Å². The first-order valence-electron chi connectivity index (χ1n) is 7.69. The number of benzene rings is 2. The Morgan fingerprint density at radius 3 is 1.79 bits per heavy atom. The van der Waals surface area contributed by atoms with Gasteiger partial charge in [0, 0.05) is 13.1 Å². The highest BCUT2D eigenvalue weighted by Gasteiger charge is 2.29. The Morgan fingerprint density at radius 2 is 1.29 bits per heavy atom. The number of likely N-dealkylation sites (N-methyl/N-ethyl adjacent to an activating group) is 1. The fraction of sp³-hybridized carbons (Fsp3) is 0.200. The molecule has 0 aliphatic heterocycles. The van der Waals surface area contributed by atoms with Crippen molar-refractivity contribution < 1.29 is 13.2 Å². The smallest absolute Gasteiger partial charge is 0.299 e. The number of hydrogen-bond donors (Lipinski definition) is 0. The lowest BCUT2D eigenvalue weighted by Gasteiger charge is -2.11. The van der Waals surface area contributed by atoms with E-state index in [1.165, 1.54) is 12.1 Å². The predicted molar refractivity (Wildman–Crippen MR) is 93.5 cm³/mol. The van der Waals surface area contributed by atoms with Crippen molar-refractivity contribution in [3.8, 4) is 0 Å². The summed E-state index contributed by atoms with van der Waals surface area (Å²) in [6.45, 7) is 1.52. The van der Waals surface area contributed by atoms with E-state index in [0.29, 0.717) is 0 Å². The quantitative estimate of drug-likeness (QED) is 0.688. The van der Waals surface area contributed by atoms with E-state index >= 15 is 0 Å². The van der Waals surface area contributed by atoms with Gasteiger partial charge in [-0.25, -0.2) is 0 Å². The van der Waals surface area contributed by atoms with Gasteiger partial charge in [-0.15, -0.1) is 0 Å². The van der Waals surface area contributed by atoms with E-state index in [2.05, 4.69) is 17.1 Å². The van der Waals surface area contributed by atoms with Crippen molar-refractivity contribution in [3.05, 3.63) is 83.4 Å². The zero-order chi connectivity index (χ0) is 17.4. The van der Waals surface area contributed by atoms with Gasteiger partial charge in [-0.2, -0.15) is 13.2 Å². The van der Waals surface area contributed by atoms with Gasteiger partial charge in [0.1, 0.15) is 0 Å². The minimum atomic E-state index is -4.28. The summed E-state index contributed by atoms with van der Waals surface area (Å²) in [5.74, 6) is 0. The molecule has 0 unspecified atom stereocenters. The summed E-state index contributed by atoms with van der Waals surface area (Å²) in [6, 6.07) is 15.2. The molecule has 2 aromatic carbocycles. The second-order valence-corrected chi connectivity index (χ2v) is 5.56. The molecule has 0 fully saturated rings. The molecule has 0 spiro atoms. The van der Waals surface area contributed by atoms with Crippen molar-refractivity contribution in [2.45, 2.75) is 6.18 Å². The van der Waals surface area contributed by atoms with E-state index in [1.54, 1.807) is 0 Å². The zero-order valence-electron chi connectivity index (χ0n) is 13.5. The third kappa shape index (κ3) is 6.05. The fourth-order valence-electron chi connectivity index (χ4n) is 2.16. The van der Waals surface area contributed by atoms with E-state index in [9.17, 15) is 13.2 Å². The topological polar surface area (TPSA) is 3.24 Å². The molecule has 0 atom stereocenters. The summed E-state index contributed by atoms with van der Waals surface area (Å²) in [5, 5.41) is 0. The number of hydrogen-bond acceptors (Lipinski definition) is 1.